The topological polar surface area (TPSA) is 115 Å². The highest BCUT2D eigenvalue weighted by Gasteiger charge is 2.35. The van der Waals surface area contributed by atoms with Gasteiger partial charge in [-0.05, 0) is 83.3 Å². The van der Waals surface area contributed by atoms with Crippen molar-refractivity contribution < 1.29 is 33.4 Å². The molecule has 0 N–H and O–H groups in total. The number of aryl methyl sites for hydroxylation is 2. The predicted molar refractivity (Wildman–Crippen MR) is 218 cm³/mol. The molecule has 0 saturated carbocycles. The van der Waals surface area contributed by atoms with Gasteiger partial charge in [-0.1, -0.05) is 54.6 Å². The molecule has 0 spiro atoms. The van der Waals surface area contributed by atoms with Crippen molar-refractivity contribution in [2.24, 2.45) is 4.99 Å². The molecule has 0 unspecified atom stereocenters. The number of ether oxygens (including phenoxy) is 3. The maximum atomic E-state index is 13.9. The minimum atomic E-state index is -0.161. The molecule has 8 rings (SSSR count). The lowest BCUT2D eigenvalue weighted by Crippen LogP contribution is -2.32. The predicted octanol–water partition coefficient (Wildman–Crippen LogP) is 8.12. The highest BCUT2D eigenvalue weighted by Crippen LogP contribution is 2.41. The highest BCUT2D eigenvalue weighted by molar-refractivity contribution is 6.05. The first-order chi connectivity index (χ1) is 27.8. The molecule has 4 aromatic rings. The summed E-state index contributed by atoms with van der Waals surface area (Å²) in [4.78, 5) is 58.6. The van der Waals surface area contributed by atoms with Crippen LogP contribution in [0.2, 0.25) is 0 Å². The Kier molecular flexibility index (Phi) is 10.8. The molecule has 10 nitrogen and oxygen atoms in total. The van der Waals surface area contributed by atoms with E-state index < -0.39 is 0 Å². The molecule has 4 aliphatic heterocycles. The van der Waals surface area contributed by atoms with E-state index in [4.69, 9.17) is 19.2 Å². The minimum Gasteiger partial charge on any atom is -0.493 e. The Morgan fingerprint density at radius 2 is 1.54 bits per heavy atom. The van der Waals surface area contributed by atoms with Gasteiger partial charge in [-0.3, -0.25) is 19.4 Å². The number of hydrogen-bond donors (Lipinski definition) is 0. The molecule has 0 aromatic heterocycles. The van der Waals surface area contributed by atoms with Crippen LogP contribution in [0.5, 0.6) is 17.2 Å². The van der Waals surface area contributed by atoms with Crippen molar-refractivity contribution in [3.05, 3.63) is 130 Å². The van der Waals surface area contributed by atoms with Crippen molar-refractivity contribution in [1.82, 2.24) is 9.80 Å². The lowest BCUT2D eigenvalue weighted by molar-refractivity contribution is -0.120. The number of carbonyl (C=O) groups is 4. The van der Waals surface area contributed by atoms with Crippen molar-refractivity contribution >= 4 is 46.9 Å². The summed E-state index contributed by atoms with van der Waals surface area (Å²) in [5.74, 6) is 1.65. The van der Waals surface area contributed by atoms with Crippen molar-refractivity contribution in [3.63, 3.8) is 0 Å². The van der Waals surface area contributed by atoms with E-state index in [0.29, 0.717) is 60.8 Å². The molecule has 290 valence electrons. The van der Waals surface area contributed by atoms with Crippen LogP contribution < -0.4 is 14.2 Å². The lowest BCUT2D eigenvalue weighted by atomic mass is 9.96. The van der Waals surface area contributed by atoms with Gasteiger partial charge in [0.1, 0.15) is 17.8 Å². The van der Waals surface area contributed by atoms with Crippen LogP contribution in [0.4, 0.5) is 5.69 Å². The fourth-order valence-corrected chi connectivity index (χ4v) is 8.11. The van der Waals surface area contributed by atoms with Gasteiger partial charge in [0, 0.05) is 68.4 Å². The molecule has 2 atom stereocenters. The van der Waals surface area contributed by atoms with Crippen LogP contribution in [-0.4, -0.2) is 72.3 Å². The van der Waals surface area contributed by atoms with Crippen LogP contribution in [0.1, 0.15) is 87.1 Å². The number of rotatable bonds is 14. The summed E-state index contributed by atoms with van der Waals surface area (Å²) in [5, 5.41) is 0. The number of amides is 2. The quantitative estimate of drug-likeness (QED) is 0.0942. The third-order valence-electron chi connectivity index (χ3n) is 11.2. The average Bonchev–Trinajstić information content (AvgIpc) is 3.81. The van der Waals surface area contributed by atoms with Gasteiger partial charge in [0.25, 0.3) is 11.8 Å². The van der Waals surface area contributed by atoms with Crippen LogP contribution in [0.3, 0.4) is 0 Å². The maximum Gasteiger partial charge on any atom is 0.260 e. The Morgan fingerprint density at radius 3 is 2.32 bits per heavy atom. The van der Waals surface area contributed by atoms with E-state index in [1.54, 1.807) is 24.1 Å². The summed E-state index contributed by atoms with van der Waals surface area (Å²) >= 11 is 0. The van der Waals surface area contributed by atoms with Crippen LogP contribution in [0, 0.1) is 6.92 Å². The van der Waals surface area contributed by atoms with Gasteiger partial charge < -0.3 is 28.8 Å². The summed E-state index contributed by atoms with van der Waals surface area (Å²) in [7, 11) is 1.56. The van der Waals surface area contributed by atoms with Crippen LogP contribution in [-0.2, 0) is 22.4 Å². The highest BCUT2D eigenvalue weighted by atomic mass is 16.5. The first kappa shape index (κ1) is 37.6. The molecule has 57 heavy (non-hydrogen) atoms. The standard InChI is InChI=1S/C47H45N3O7/c1-30-20-40-34(15-16-37-22-35(28-49(37)46(40)53)33-13-11-31(12-14-33)21-39(52)10-6-17-51)24-43(30)56-18-7-19-57-45-26-42-41(25-44(45)55-2)47(54)50-29-36(23-38(50)27-48-42)32-8-4-3-5-9-32/h3-5,8-9,11-14,17,20,24-29,37-38H,6-7,10,15-16,18-19,21-23H2,1-2H3/t37-,38+/m1/s1. The van der Waals surface area contributed by atoms with E-state index >= 15 is 0 Å². The molecule has 2 amide bonds. The Bertz CT molecular complexity index is 2310. The average molecular weight is 764 g/mol. The summed E-state index contributed by atoms with van der Waals surface area (Å²) in [5.41, 5.74) is 8.86. The van der Waals surface area contributed by atoms with E-state index in [0.717, 1.165) is 70.3 Å². The lowest BCUT2D eigenvalue weighted by Gasteiger charge is -2.20. The molecule has 10 heteroatoms. The summed E-state index contributed by atoms with van der Waals surface area (Å²) in [6, 6.07) is 25.4. The smallest absolute Gasteiger partial charge is 0.260 e. The number of aldehydes is 1. The zero-order chi connectivity index (χ0) is 39.5. The number of carbonyl (C=O) groups excluding carboxylic acids is 4. The van der Waals surface area contributed by atoms with Crippen molar-refractivity contribution in [2.45, 2.75) is 70.4 Å². The van der Waals surface area contributed by atoms with Gasteiger partial charge in [0.15, 0.2) is 11.5 Å². The van der Waals surface area contributed by atoms with Gasteiger partial charge in [-0.2, -0.15) is 0 Å². The van der Waals surface area contributed by atoms with E-state index in [1.807, 2.05) is 85.0 Å². The second kappa shape index (κ2) is 16.4. The monoisotopic (exact) mass is 763 g/mol. The van der Waals surface area contributed by atoms with Crippen molar-refractivity contribution in [1.29, 1.82) is 0 Å². The van der Waals surface area contributed by atoms with Gasteiger partial charge in [0.2, 0.25) is 0 Å². The van der Waals surface area contributed by atoms with E-state index in [-0.39, 0.29) is 42.5 Å². The third kappa shape index (κ3) is 7.90. The fourth-order valence-electron chi connectivity index (χ4n) is 8.11. The van der Waals surface area contributed by atoms with Crippen LogP contribution in [0.25, 0.3) is 11.1 Å². The van der Waals surface area contributed by atoms with E-state index in [2.05, 4.69) is 12.1 Å². The summed E-state index contributed by atoms with van der Waals surface area (Å²) in [6.45, 7) is 2.74. The zero-order valence-corrected chi connectivity index (χ0v) is 32.2. The van der Waals surface area contributed by atoms with Gasteiger partial charge in [0.05, 0.1) is 37.6 Å². The molecule has 0 fully saturated rings. The van der Waals surface area contributed by atoms with Gasteiger partial charge in [-0.15, -0.1) is 0 Å². The first-order valence-corrected chi connectivity index (χ1v) is 19.6. The Morgan fingerprint density at radius 1 is 0.825 bits per heavy atom. The Labute approximate surface area is 332 Å². The zero-order valence-electron chi connectivity index (χ0n) is 32.2. The molecule has 4 aromatic carbocycles. The molecule has 0 radical (unpaired) electrons. The van der Waals surface area contributed by atoms with E-state index in [1.165, 1.54) is 0 Å². The molecule has 0 bridgehead atoms. The Hall–Kier alpha value is -6.29. The first-order valence-electron chi connectivity index (χ1n) is 19.6. The molecular formula is C47H45N3O7. The van der Waals surface area contributed by atoms with Crippen LogP contribution in [0.15, 0.2) is 96.3 Å². The maximum absolute atomic E-state index is 13.9. The van der Waals surface area contributed by atoms with Crippen molar-refractivity contribution in [2.75, 3.05) is 20.3 Å². The molecule has 0 saturated heterocycles. The van der Waals surface area contributed by atoms with Crippen LogP contribution >= 0.6 is 0 Å². The number of aliphatic imine (C=N–C) groups is 1. The number of fused-ring (bicyclic) bond motifs is 4. The normalized spacial score (nSPS) is 18.1. The number of methoxy groups -OCH3 is 1. The molecule has 4 aliphatic rings. The third-order valence-corrected chi connectivity index (χ3v) is 11.2. The molecule has 0 aliphatic carbocycles. The van der Waals surface area contributed by atoms with Crippen molar-refractivity contribution in [3.8, 4) is 17.2 Å². The Balaban J connectivity index is 0.870. The molecule has 4 heterocycles. The number of ketones is 1. The number of Topliss-reactive ketones (excluding diaryl/α,β-unsaturated/α-hetero) is 1. The minimum absolute atomic E-state index is 0.00234. The second-order valence-corrected chi connectivity index (χ2v) is 15.0. The summed E-state index contributed by atoms with van der Waals surface area (Å²) in [6.07, 6.45) is 11.0. The molecular weight excluding hydrogens is 719 g/mol. The fraction of sp³-hybridized carbons (Fsp3) is 0.298. The largest absolute Gasteiger partial charge is 0.493 e. The van der Waals surface area contributed by atoms with E-state index in [9.17, 15) is 19.2 Å². The van der Waals surface area contributed by atoms with Gasteiger partial charge in [-0.25, -0.2) is 0 Å². The second-order valence-electron chi connectivity index (χ2n) is 15.0. The number of benzene rings is 4. The van der Waals surface area contributed by atoms with Gasteiger partial charge >= 0.3 is 0 Å². The summed E-state index contributed by atoms with van der Waals surface area (Å²) < 4.78 is 18.0. The SMILES string of the molecule is COc1cc2c(cc1OCCCOc1cc3c(cc1C)C(=O)N1C=C(c4ccc(CC(=O)CCC=O)cc4)C[C@H]1CC3)N=C[C@@H]1CC(c3ccccc3)=CN1C2=O. The number of nitrogens with zero attached hydrogens (tertiary/aromatic N) is 3. The number of hydrogen-bond acceptors (Lipinski definition) is 8.